The summed E-state index contributed by atoms with van der Waals surface area (Å²) in [4.78, 5) is 10.2. The molecule has 6 nitrogen and oxygen atoms in total. The number of nitro benzene ring substituents is 1. The van der Waals surface area contributed by atoms with E-state index in [1.54, 1.807) is 12.1 Å². The molecule has 0 aromatic heterocycles. The Kier molecular flexibility index (Phi) is 4.29. The average Bonchev–Trinajstić information content (AvgIpc) is 2.43. The number of nitrogens with zero attached hydrogens (tertiary/aromatic N) is 1. The normalized spacial score (nSPS) is 9.95. The van der Waals surface area contributed by atoms with Gasteiger partial charge in [0.1, 0.15) is 11.5 Å². The van der Waals surface area contributed by atoms with Gasteiger partial charge in [0.15, 0.2) is 5.11 Å². The highest BCUT2D eigenvalue weighted by Gasteiger charge is 2.12. The third kappa shape index (κ3) is 3.63. The summed E-state index contributed by atoms with van der Waals surface area (Å²) in [5.74, 6) is -0.454. The molecular formula is C13H11FN4O2S. The minimum absolute atomic E-state index is 0.0542. The molecule has 0 aliphatic carbocycles. The smallest absolute Gasteiger partial charge is 0.294 e. The van der Waals surface area contributed by atoms with Crippen LogP contribution < -0.4 is 16.4 Å². The highest BCUT2D eigenvalue weighted by atomic mass is 32.1. The van der Waals surface area contributed by atoms with Crippen molar-refractivity contribution in [3.8, 4) is 0 Å². The van der Waals surface area contributed by atoms with Gasteiger partial charge in [-0.3, -0.25) is 10.1 Å². The van der Waals surface area contributed by atoms with Crippen LogP contribution in [0.2, 0.25) is 0 Å². The van der Waals surface area contributed by atoms with Crippen molar-refractivity contribution in [2.45, 2.75) is 0 Å². The SMILES string of the molecule is Nc1ccc(NC(=S)Nc2ccccc2F)cc1[N+](=O)[O-]. The maximum atomic E-state index is 13.5. The first kappa shape index (κ1) is 14.7. The zero-order chi connectivity index (χ0) is 15.4. The van der Waals surface area contributed by atoms with Crippen LogP contribution in [-0.2, 0) is 0 Å². The maximum absolute atomic E-state index is 13.5. The number of nitrogens with two attached hydrogens (primary N) is 1. The van der Waals surface area contributed by atoms with E-state index in [-0.39, 0.29) is 22.2 Å². The first-order chi connectivity index (χ1) is 9.97. The van der Waals surface area contributed by atoms with Crippen LogP contribution in [0, 0.1) is 15.9 Å². The molecule has 0 atom stereocenters. The number of nitrogen functional groups attached to an aromatic ring is 1. The number of benzene rings is 2. The number of thiocarbonyl (C=S) groups is 1. The number of para-hydroxylation sites is 1. The van der Waals surface area contributed by atoms with E-state index in [2.05, 4.69) is 10.6 Å². The zero-order valence-electron chi connectivity index (χ0n) is 10.7. The lowest BCUT2D eigenvalue weighted by molar-refractivity contribution is -0.383. The second-order valence-electron chi connectivity index (χ2n) is 4.09. The first-order valence-corrected chi connectivity index (χ1v) is 6.24. The summed E-state index contributed by atoms with van der Waals surface area (Å²) in [5.41, 5.74) is 5.91. The van der Waals surface area contributed by atoms with Crippen LogP contribution in [0.4, 0.5) is 27.1 Å². The summed E-state index contributed by atoms with van der Waals surface area (Å²) in [6.07, 6.45) is 0. The Labute approximate surface area is 124 Å². The van der Waals surface area contributed by atoms with Crippen LogP contribution in [-0.4, -0.2) is 10.0 Å². The quantitative estimate of drug-likeness (QED) is 0.349. The molecule has 0 bridgehead atoms. The lowest BCUT2D eigenvalue weighted by atomic mass is 10.2. The Morgan fingerprint density at radius 3 is 2.62 bits per heavy atom. The van der Waals surface area contributed by atoms with Gasteiger partial charge in [-0.1, -0.05) is 12.1 Å². The van der Waals surface area contributed by atoms with Gasteiger partial charge in [-0.15, -0.1) is 0 Å². The second-order valence-corrected chi connectivity index (χ2v) is 4.50. The molecule has 2 aromatic carbocycles. The van der Waals surface area contributed by atoms with Crippen molar-refractivity contribution < 1.29 is 9.31 Å². The molecule has 0 amide bonds. The van der Waals surface area contributed by atoms with Crippen molar-refractivity contribution in [2.75, 3.05) is 16.4 Å². The zero-order valence-corrected chi connectivity index (χ0v) is 11.5. The fraction of sp³-hybridized carbons (Fsp3) is 0. The van der Waals surface area contributed by atoms with Crippen LogP contribution in [0.1, 0.15) is 0 Å². The van der Waals surface area contributed by atoms with Gasteiger partial charge >= 0.3 is 0 Å². The van der Waals surface area contributed by atoms with Crippen molar-refractivity contribution in [3.05, 3.63) is 58.4 Å². The number of halogens is 1. The highest BCUT2D eigenvalue weighted by Crippen LogP contribution is 2.25. The van der Waals surface area contributed by atoms with E-state index in [9.17, 15) is 14.5 Å². The second kappa shape index (κ2) is 6.14. The fourth-order valence-electron chi connectivity index (χ4n) is 1.63. The predicted molar refractivity (Wildman–Crippen MR) is 83.8 cm³/mol. The Balaban J connectivity index is 2.12. The van der Waals surface area contributed by atoms with E-state index in [0.717, 1.165) is 0 Å². The van der Waals surface area contributed by atoms with Crippen LogP contribution in [0.5, 0.6) is 0 Å². The van der Waals surface area contributed by atoms with Crippen molar-refractivity contribution in [1.82, 2.24) is 0 Å². The third-order valence-electron chi connectivity index (χ3n) is 2.61. The molecule has 2 aromatic rings. The van der Waals surface area contributed by atoms with Crippen LogP contribution >= 0.6 is 12.2 Å². The largest absolute Gasteiger partial charge is 0.393 e. The van der Waals surface area contributed by atoms with E-state index in [4.69, 9.17) is 18.0 Å². The monoisotopic (exact) mass is 306 g/mol. The highest BCUT2D eigenvalue weighted by molar-refractivity contribution is 7.80. The number of hydrogen-bond acceptors (Lipinski definition) is 4. The number of anilines is 3. The minimum Gasteiger partial charge on any atom is -0.393 e. The van der Waals surface area contributed by atoms with Crippen LogP contribution in [0.25, 0.3) is 0 Å². The standard InChI is InChI=1S/C13H11FN4O2S/c14-9-3-1-2-4-11(9)17-13(21)16-8-5-6-10(15)12(7-8)18(19)20/h1-7H,15H2,(H2,16,17,21). The van der Waals surface area contributed by atoms with E-state index < -0.39 is 10.7 Å². The molecule has 2 rings (SSSR count). The van der Waals surface area contributed by atoms with Crippen molar-refractivity contribution in [1.29, 1.82) is 0 Å². The van der Waals surface area contributed by atoms with Gasteiger partial charge in [0.05, 0.1) is 10.6 Å². The maximum Gasteiger partial charge on any atom is 0.294 e. The summed E-state index contributed by atoms with van der Waals surface area (Å²) < 4.78 is 13.5. The molecular weight excluding hydrogens is 295 g/mol. The predicted octanol–water partition coefficient (Wildman–Crippen LogP) is 3.13. The lowest BCUT2D eigenvalue weighted by Gasteiger charge is -2.11. The van der Waals surface area contributed by atoms with E-state index in [1.165, 1.54) is 30.3 Å². The van der Waals surface area contributed by atoms with E-state index in [1.807, 2.05) is 0 Å². The molecule has 0 fully saturated rings. The van der Waals surface area contributed by atoms with Gasteiger partial charge in [0.25, 0.3) is 5.69 Å². The molecule has 108 valence electrons. The van der Waals surface area contributed by atoms with Gasteiger partial charge in [0, 0.05) is 11.8 Å². The van der Waals surface area contributed by atoms with E-state index in [0.29, 0.717) is 5.69 Å². The third-order valence-corrected chi connectivity index (χ3v) is 2.81. The molecule has 0 saturated heterocycles. The number of nitrogens with one attached hydrogen (secondary N) is 2. The van der Waals surface area contributed by atoms with Gasteiger partial charge < -0.3 is 16.4 Å². The lowest BCUT2D eigenvalue weighted by Crippen LogP contribution is -2.19. The van der Waals surface area contributed by atoms with Gasteiger partial charge in [-0.2, -0.15) is 0 Å². The molecule has 21 heavy (non-hydrogen) atoms. The summed E-state index contributed by atoms with van der Waals surface area (Å²) in [6, 6.07) is 10.2. The van der Waals surface area contributed by atoms with Crippen LogP contribution in [0.3, 0.4) is 0 Å². The van der Waals surface area contributed by atoms with Gasteiger partial charge in [-0.25, -0.2) is 4.39 Å². The summed E-state index contributed by atoms with van der Waals surface area (Å²) in [6.45, 7) is 0. The fourth-order valence-corrected chi connectivity index (χ4v) is 1.85. The van der Waals surface area contributed by atoms with Crippen LogP contribution in [0.15, 0.2) is 42.5 Å². The Morgan fingerprint density at radius 1 is 1.24 bits per heavy atom. The molecule has 0 radical (unpaired) electrons. The number of nitro groups is 1. The first-order valence-electron chi connectivity index (χ1n) is 5.84. The number of rotatable bonds is 3. The molecule has 0 unspecified atom stereocenters. The van der Waals surface area contributed by atoms with Gasteiger partial charge in [0.2, 0.25) is 0 Å². The topological polar surface area (TPSA) is 93.2 Å². The average molecular weight is 306 g/mol. The molecule has 0 aliphatic heterocycles. The molecule has 0 spiro atoms. The Hall–Kier alpha value is -2.74. The molecule has 4 N–H and O–H groups in total. The Morgan fingerprint density at radius 2 is 1.95 bits per heavy atom. The summed E-state index contributed by atoms with van der Waals surface area (Å²) in [7, 11) is 0. The summed E-state index contributed by atoms with van der Waals surface area (Å²) >= 11 is 5.03. The molecule has 0 saturated carbocycles. The minimum atomic E-state index is -0.589. The van der Waals surface area contributed by atoms with E-state index >= 15 is 0 Å². The molecule has 0 heterocycles. The molecule has 8 heteroatoms. The molecule has 0 aliphatic rings. The Bertz CT molecular complexity index is 708. The number of hydrogen-bond donors (Lipinski definition) is 3. The van der Waals surface area contributed by atoms with Crippen molar-refractivity contribution in [2.24, 2.45) is 0 Å². The van der Waals surface area contributed by atoms with Crippen molar-refractivity contribution >= 4 is 40.1 Å². The van der Waals surface area contributed by atoms with Gasteiger partial charge in [-0.05, 0) is 36.5 Å². The van der Waals surface area contributed by atoms with Crippen molar-refractivity contribution in [3.63, 3.8) is 0 Å². The summed E-state index contributed by atoms with van der Waals surface area (Å²) in [5, 5.41) is 16.3.